The zero-order chi connectivity index (χ0) is 14.5. The normalized spacial score (nSPS) is 11.7. The summed E-state index contributed by atoms with van der Waals surface area (Å²) in [6.45, 7) is 0. The van der Waals surface area contributed by atoms with Gasteiger partial charge in [0.25, 0.3) is 0 Å². The Morgan fingerprint density at radius 2 is 1.60 bits per heavy atom. The fourth-order valence-electron chi connectivity index (χ4n) is 1.69. The maximum Gasteiger partial charge on any atom is 0.349 e. The van der Waals surface area contributed by atoms with Crippen LogP contribution in [0.3, 0.4) is 0 Å². The Morgan fingerprint density at radius 3 is 2.10 bits per heavy atom. The lowest BCUT2D eigenvalue weighted by atomic mass is 10.1. The van der Waals surface area contributed by atoms with Crippen LogP contribution < -0.4 is 9.47 Å². The second-order valence-electron chi connectivity index (χ2n) is 4.06. The Labute approximate surface area is 121 Å². The van der Waals surface area contributed by atoms with Crippen molar-refractivity contribution in [3.05, 3.63) is 59.1 Å². The summed E-state index contributed by atoms with van der Waals surface area (Å²) in [6, 6.07) is 13.2. The molecule has 0 aliphatic rings. The molecule has 0 aromatic heterocycles. The van der Waals surface area contributed by atoms with Gasteiger partial charge in [-0.3, -0.25) is 0 Å². The molecule has 104 valence electrons. The zero-order valence-corrected chi connectivity index (χ0v) is 11.5. The Bertz CT molecular complexity index is 578. The molecule has 2 rings (SSSR count). The van der Waals surface area contributed by atoms with E-state index in [9.17, 15) is 9.90 Å². The van der Waals surface area contributed by atoms with Gasteiger partial charge in [-0.05, 0) is 36.4 Å². The number of aliphatic carboxylic acids is 1. The Kier molecular flexibility index (Phi) is 4.48. The van der Waals surface area contributed by atoms with E-state index < -0.39 is 12.1 Å². The molecule has 1 atom stereocenters. The summed E-state index contributed by atoms with van der Waals surface area (Å²) in [5.41, 5.74) is 0.526. The van der Waals surface area contributed by atoms with Crippen molar-refractivity contribution in [1.82, 2.24) is 0 Å². The molecule has 0 fully saturated rings. The van der Waals surface area contributed by atoms with Gasteiger partial charge in [-0.1, -0.05) is 23.7 Å². The van der Waals surface area contributed by atoms with E-state index in [1.54, 1.807) is 55.6 Å². The van der Waals surface area contributed by atoms with E-state index in [-0.39, 0.29) is 0 Å². The van der Waals surface area contributed by atoms with Gasteiger partial charge in [0.05, 0.1) is 7.11 Å². The number of ether oxygens (including phenoxy) is 2. The highest BCUT2D eigenvalue weighted by molar-refractivity contribution is 6.30. The van der Waals surface area contributed by atoms with Gasteiger partial charge in [0.15, 0.2) is 0 Å². The van der Waals surface area contributed by atoms with Crippen molar-refractivity contribution < 1.29 is 19.4 Å². The molecule has 0 spiro atoms. The van der Waals surface area contributed by atoms with Crippen LogP contribution in [0.5, 0.6) is 11.5 Å². The number of rotatable bonds is 5. The van der Waals surface area contributed by atoms with Crippen LogP contribution in [-0.2, 0) is 4.79 Å². The maximum absolute atomic E-state index is 11.3. The van der Waals surface area contributed by atoms with Crippen molar-refractivity contribution in [1.29, 1.82) is 0 Å². The SMILES string of the molecule is COc1ccc(OC(C(=O)O)c2ccc(Cl)cc2)cc1. The van der Waals surface area contributed by atoms with Gasteiger partial charge >= 0.3 is 5.97 Å². The molecule has 0 saturated carbocycles. The highest BCUT2D eigenvalue weighted by atomic mass is 35.5. The molecular formula is C15H13ClO4. The molecule has 0 radical (unpaired) electrons. The monoisotopic (exact) mass is 292 g/mol. The summed E-state index contributed by atoms with van der Waals surface area (Å²) in [5.74, 6) is 0.0620. The van der Waals surface area contributed by atoms with Crippen molar-refractivity contribution >= 4 is 17.6 Å². The van der Waals surface area contributed by atoms with E-state index in [2.05, 4.69) is 0 Å². The molecule has 2 aromatic carbocycles. The largest absolute Gasteiger partial charge is 0.497 e. The quantitative estimate of drug-likeness (QED) is 0.915. The molecule has 5 heteroatoms. The molecule has 0 aliphatic carbocycles. The second-order valence-corrected chi connectivity index (χ2v) is 4.50. The first kappa shape index (κ1) is 14.2. The standard InChI is InChI=1S/C15H13ClO4/c1-19-12-6-8-13(9-7-12)20-14(15(17)18)10-2-4-11(16)5-3-10/h2-9,14H,1H3,(H,17,18). The van der Waals surface area contributed by atoms with Crippen molar-refractivity contribution in [2.45, 2.75) is 6.10 Å². The maximum atomic E-state index is 11.3. The Morgan fingerprint density at radius 1 is 1.05 bits per heavy atom. The highest BCUT2D eigenvalue weighted by Gasteiger charge is 2.21. The van der Waals surface area contributed by atoms with Crippen molar-refractivity contribution in [3.63, 3.8) is 0 Å². The second kappa shape index (κ2) is 6.30. The first-order chi connectivity index (χ1) is 9.60. The number of methoxy groups -OCH3 is 1. The van der Waals surface area contributed by atoms with E-state index >= 15 is 0 Å². The van der Waals surface area contributed by atoms with E-state index in [0.717, 1.165) is 0 Å². The number of carboxylic acid groups (broad SMARTS) is 1. The van der Waals surface area contributed by atoms with Gasteiger partial charge in [0.2, 0.25) is 6.10 Å². The molecule has 20 heavy (non-hydrogen) atoms. The van der Waals surface area contributed by atoms with E-state index in [1.165, 1.54) is 0 Å². The van der Waals surface area contributed by atoms with Crippen LogP contribution in [0.15, 0.2) is 48.5 Å². The van der Waals surface area contributed by atoms with Crippen LogP contribution in [0.4, 0.5) is 0 Å². The highest BCUT2D eigenvalue weighted by Crippen LogP contribution is 2.25. The summed E-state index contributed by atoms with van der Waals surface area (Å²) in [5, 5.41) is 9.82. The van der Waals surface area contributed by atoms with Gasteiger partial charge in [0, 0.05) is 10.6 Å². The summed E-state index contributed by atoms with van der Waals surface area (Å²) >= 11 is 5.79. The van der Waals surface area contributed by atoms with Crippen molar-refractivity contribution in [3.8, 4) is 11.5 Å². The third-order valence-corrected chi connectivity index (χ3v) is 2.96. The molecule has 0 amide bonds. The van der Waals surface area contributed by atoms with Gasteiger partial charge in [-0.25, -0.2) is 4.79 Å². The van der Waals surface area contributed by atoms with E-state index in [1.807, 2.05) is 0 Å². The smallest absolute Gasteiger partial charge is 0.349 e. The van der Waals surface area contributed by atoms with Crippen LogP contribution in [0.2, 0.25) is 5.02 Å². The van der Waals surface area contributed by atoms with Gasteiger partial charge in [0.1, 0.15) is 11.5 Å². The zero-order valence-electron chi connectivity index (χ0n) is 10.7. The lowest BCUT2D eigenvalue weighted by Crippen LogP contribution is -2.18. The summed E-state index contributed by atoms with van der Waals surface area (Å²) in [7, 11) is 1.56. The number of hydrogen-bond donors (Lipinski definition) is 1. The van der Waals surface area contributed by atoms with Crippen LogP contribution in [0, 0.1) is 0 Å². The molecule has 0 bridgehead atoms. The Hall–Kier alpha value is -2.20. The summed E-state index contributed by atoms with van der Waals surface area (Å²) < 4.78 is 10.5. The van der Waals surface area contributed by atoms with Crippen LogP contribution in [-0.4, -0.2) is 18.2 Å². The molecule has 1 N–H and O–H groups in total. The average molecular weight is 293 g/mol. The minimum atomic E-state index is -1.08. The van der Waals surface area contributed by atoms with E-state index in [0.29, 0.717) is 22.1 Å². The fourth-order valence-corrected chi connectivity index (χ4v) is 1.81. The van der Waals surface area contributed by atoms with Crippen LogP contribution in [0.25, 0.3) is 0 Å². The molecule has 2 aromatic rings. The molecule has 1 unspecified atom stereocenters. The molecule has 0 heterocycles. The number of carboxylic acids is 1. The molecule has 4 nitrogen and oxygen atoms in total. The first-order valence-corrected chi connectivity index (χ1v) is 6.27. The van der Waals surface area contributed by atoms with Gasteiger partial charge < -0.3 is 14.6 Å². The summed E-state index contributed by atoms with van der Waals surface area (Å²) in [6.07, 6.45) is -1.08. The topological polar surface area (TPSA) is 55.8 Å². The molecular weight excluding hydrogens is 280 g/mol. The molecule has 0 saturated heterocycles. The lowest BCUT2D eigenvalue weighted by Gasteiger charge is -2.15. The summed E-state index contributed by atoms with van der Waals surface area (Å²) in [4.78, 5) is 11.3. The van der Waals surface area contributed by atoms with Gasteiger partial charge in [-0.2, -0.15) is 0 Å². The van der Waals surface area contributed by atoms with Crippen molar-refractivity contribution in [2.24, 2.45) is 0 Å². The number of benzene rings is 2. The lowest BCUT2D eigenvalue weighted by molar-refractivity contribution is -0.145. The van der Waals surface area contributed by atoms with Crippen LogP contribution in [0.1, 0.15) is 11.7 Å². The predicted molar refractivity (Wildman–Crippen MR) is 75.5 cm³/mol. The van der Waals surface area contributed by atoms with E-state index in [4.69, 9.17) is 21.1 Å². The molecule has 0 aliphatic heterocycles. The van der Waals surface area contributed by atoms with Crippen molar-refractivity contribution in [2.75, 3.05) is 7.11 Å². The average Bonchev–Trinajstić information content (AvgIpc) is 2.46. The Balaban J connectivity index is 2.20. The number of hydrogen-bond acceptors (Lipinski definition) is 3. The minimum absolute atomic E-state index is 0.452. The third kappa shape index (κ3) is 3.42. The van der Waals surface area contributed by atoms with Gasteiger partial charge in [-0.15, -0.1) is 0 Å². The predicted octanol–water partition coefficient (Wildman–Crippen LogP) is 3.55. The fraction of sp³-hybridized carbons (Fsp3) is 0.133. The minimum Gasteiger partial charge on any atom is -0.497 e. The van der Waals surface area contributed by atoms with Crippen LogP contribution >= 0.6 is 11.6 Å². The first-order valence-electron chi connectivity index (χ1n) is 5.89. The third-order valence-electron chi connectivity index (χ3n) is 2.71. The number of halogens is 1. The number of carbonyl (C=O) groups is 1.